The van der Waals surface area contributed by atoms with Crippen molar-refractivity contribution in [2.75, 3.05) is 24.8 Å². The number of amides is 1. The SMILES string of the molecule is CCOC(=O)Nc1ccc(N)cc1OC.Cl. The Morgan fingerprint density at radius 3 is 2.75 bits per heavy atom. The number of nitrogens with two attached hydrogens (primary N) is 1. The fourth-order valence-corrected chi connectivity index (χ4v) is 1.09. The molecule has 0 heterocycles. The molecule has 0 aliphatic rings. The molecule has 16 heavy (non-hydrogen) atoms. The number of anilines is 2. The number of hydrogen-bond acceptors (Lipinski definition) is 4. The van der Waals surface area contributed by atoms with Gasteiger partial charge in [-0.3, -0.25) is 5.32 Å². The molecule has 0 saturated heterocycles. The lowest BCUT2D eigenvalue weighted by Crippen LogP contribution is -2.14. The Morgan fingerprint density at radius 1 is 1.50 bits per heavy atom. The van der Waals surface area contributed by atoms with Gasteiger partial charge in [0, 0.05) is 11.8 Å². The highest BCUT2D eigenvalue weighted by atomic mass is 35.5. The molecule has 0 unspecified atom stereocenters. The van der Waals surface area contributed by atoms with Crippen LogP contribution >= 0.6 is 12.4 Å². The summed E-state index contributed by atoms with van der Waals surface area (Å²) in [7, 11) is 1.51. The molecule has 0 aromatic heterocycles. The first-order chi connectivity index (χ1) is 7.17. The van der Waals surface area contributed by atoms with Crippen LogP contribution < -0.4 is 15.8 Å². The third kappa shape index (κ3) is 3.86. The lowest BCUT2D eigenvalue weighted by Gasteiger charge is -2.10. The van der Waals surface area contributed by atoms with Crippen LogP contribution in [0.2, 0.25) is 0 Å². The van der Waals surface area contributed by atoms with Crippen molar-refractivity contribution < 1.29 is 14.3 Å². The van der Waals surface area contributed by atoms with Crippen LogP contribution in [0.25, 0.3) is 0 Å². The zero-order valence-electron chi connectivity index (χ0n) is 9.15. The Kier molecular flexibility index (Phi) is 6.10. The average molecular weight is 247 g/mol. The fourth-order valence-electron chi connectivity index (χ4n) is 1.09. The summed E-state index contributed by atoms with van der Waals surface area (Å²) < 4.78 is 9.79. The third-order valence-corrected chi connectivity index (χ3v) is 1.74. The molecule has 1 aromatic carbocycles. The van der Waals surface area contributed by atoms with Gasteiger partial charge >= 0.3 is 6.09 Å². The number of hydrogen-bond donors (Lipinski definition) is 2. The number of rotatable bonds is 3. The highest BCUT2D eigenvalue weighted by Crippen LogP contribution is 2.26. The largest absolute Gasteiger partial charge is 0.494 e. The Balaban J connectivity index is 0.00000225. The van der Waals surface area contributed by atoms with Crippen molar-refractivity contribution in [3.63, 3.8) is 0 Å². The van der Waals surface area contributed by atoms with Crippen LogP contribution in [-0.2, 0) is 4.74 Å². The van der Waals surface area contributed by atoms with E-state index in [0.717, 1.165) is 0 Å². The van der Waals surface area contributed by atoms with E-state index in [1.54, 1.807) is 25.1 Å². The van der Waals surface area contributed by atoms with Gasteiger partial charge in [-0.25, -0.2) is 4.79 Å². The van der Waals surface area contributed by atoms with E-state index in [1.165, 1.54) is 7.11 Å². The van der Waals surface area contributed by atoms with Crippen molar-refractivity contribution in [1.29, 1.82) is 0 Å². The quantitative estimate of drug-likeness (QED) is 0.803. The van der Waals surface area contributed by atoms with Gasteiger partial charge in [-0.15, -0.1) is 12.4 Å². The predicted octanol–water partition coefficient (Wildman–Crippen LogP) is 2.27. The van der Waals surface area contributed by atoms with Crippen LogP contribution in [0, 0.1) is 0 Å². The van der Waals surface area contributed by atoms with Gasteiger partial charge in [0.1, 0.15) is 5.75 Å². The molecule has 0 bridgehead atoms. The van der Waals surface area contributed by atoms with Crippen molar-refractivity contribution in [1.82, 2.24) is 0 Å². The van der Waals surface area contributed by atoms with Gasteiger partial charge in [-0.1, -0.05) is 0 Å². The van der Waals surface area contributed by atoms with Crippen LogP contribution in [0.4, 0.5) is 16.2 Å². The van der Waals surface area contributed by atoms with E-state index in [2.05, 4.69) is 5.32 Å². The number of carbonyl (C=O) groups excluding carboxylic acids is 1. The second-order valence-electron chi connectivity index (χ2n) is 2.81. The molecule has 0 aliphatic heterocycles. The van der Waals surface area contributed by atoms with E-state index >= 15 is 0 Å². The van der Waals surface area contributed by atoms with Crippen molar-refractivity contribution >= 4 is 29.9 Å². The number of nitrogens with one attached hydrogen (secondary N) is 1. The minimum atomic E-state index is -0.513. The summed E-state index contributed by atoms with van der Waals surface area (Å²) in [6.45, 7) is 2.06. The van der Waals surface area contributed by atoms with E-state index in [0.29, 0.717) is 23.7 Å². The summed E-state index contributed by atoms with van der Waals surface area (Å²) in [6, 6.07) is 4.96. The molecule has 0 fully saturated rings. The maximum absolute atomic E-state index is 11.1. The molecular formula is C10H15ClN2O3. The van der Waals surface area contributed by atoms with E-state index in [4.69, 9.17) is 15.2 Å². The van der Waals surface area contributed by atoms with Gasteiger partial charge in [0.2, 0.25) is 0 Å². The monoisotopic (exact) mass is 246 g/mol. The maximum Gasteiger partial charge on any atom is 0.411 e. The van der Waals surface area contributed by atoms with Gasteiger partial charge in [-0.2, -0.15) is 0 Å². The molecule has 1 aromatic rings. The van der Waals surface area contributed by atoms with Gasteiger partial charge in [-0.05, 0) is 19.1 Å². The van der Waals surface area contributed by atoms with E-state index in [9.17, 15) is 4.79 Å². The Labute approximate surface area is 100 Å². The standard InChI is InChI=1S/C10H14N2O3.ClH/c1-3-15-10(13)12-8-5-4-7(11)6-9(8)14-2;/h4-6H,3,11H2,1-2H3,(H,12,13);1H. The lowest BCUT2D eigenvalue weighted by atomic mass is 10.2. The first-order valence-corrected chi connectivity index (χ1v) is 4.54. The first-order valence-electron chi connectivity index (χ1n) is 4.54. The Morgan fingerprint density at radius 2 is 2.19 bits per heavy atom. The van der Waals surface area contributed by atoms with Crippen molar-refractivity contribution in [3.8, 4) is 5.75 Å². The lowest BCUT2D eigenvalue weighted by molar-refractivity contribution is 0.168. The topological polar surface area (TPSA) is 73.6 Å². The van der Waals surface area contributed by atoms with E-state index in [-0.39, 0.29) is 12.4 Å². The molecule has 0 saturated carbocycles. The molecule has 1 rings (SSSR count). The number of halogens is 1. The summed E-state index contributed by atoms with van der Waals surface area (Å²) in [4.78, 5) is 11.1. The molecular weight excluding hydrogens is 232 g/mol. The highest BCUT2D eigenvalue weighted by Gasteiger charge is 2.07. The fraction of sp³-hybridized carbons (Fsp3) is 0.300. The van der Waals surface area contributed by atoms with Gasteiger partial charge in [0.25, 0.3) is 0 Å². The zero-order chi connectivity index (χ0) is 11.3. The van der Waals surface area contributed by atoms with Crippen LogP contribution in [0.3, 0.4) is 0 Å². The van der Waals surface area contributed by atoms with Crippen LogP contribution in [-0.4, -0.2) is 19.8 Å². The molecule has 3 N–H and O–H groups in total. The molecule has 0 spiro atoms. The summed E-state index contributed by atoms with van der Waals surface area (Å²) >= 11 is 0. The number of ether oxygens (including phenoxy) is 2. The smallest absolute Gasteiger partial charge is 0.411 e. The predicted molar refractivity (Wildman–Crippen MR) is 65.3 cm³/mol. The van der Waals surface area contributed by atoms with Gasteiger partial charge in [0.05, 0.1) is 19.4 Å². The van der Waals surface area contributed by atoms with E-state index in [1.807, 2.05) is 0 Å². The van der Waals surface area contributed by atoms with Gasteiger partial charge in [0.15, 0.2) is 0 Å². The molecule has 1 amide bonds. The number of nitrogen functional groups attached to an aromatic ring is 1. The zero-order valence-corrected chi connectivity index (χ0v) is 9.97. The van der Waals surface area contributed by atoms with Crippen LogP contribution in [0.15, 0.2) is 18.2 Å². The second-order valence-corrected chi connectivity index (χ2v) is 2.81. The van der Waals surface area contributed by atoms with Crippen LogP contribution in [0.1, 0.15) is 6.92 Å². The average Bonchev–Trinajstić information content (AvgIpc) is 2.21. The molecule has 0 radical (unpaired) electrons. The Hall–Kier alpha value is -1.62. The van der Waals surface area contributed by atoms with E-state index < -0.39 is 6.09 Å². The minimum Gasteiger partial charge on any atom is -0.494 e. The summed E-state index contributed by atoms with van der Waals surface area (Å²) in [5.41, 5.74) is 6.67. The highest BCUT2D eigenvalue weighted by molar-refractivity contribution is 5.87. The van der Waals surface area contributed by atoms with Crippen LogP contribution in [0.5, 0.6) is 5.75 Å². The minimum absolute atomic E-state index is 0. The summed E-state index contributed by atoms with van der Waals surface area (Å²) in [6.07, 6.45) is -0.513. The summed E-state index contributed by atoms with van der Waals surface area (Å²) in [5.74, 6) is 0.503. The Bertz CT molecular complexity index is 358. The second kappa shape index (κ2) is 6.79. The number of benzene rings is 1. The maximum atomic E-state index is 11.1. The molecule has 0 aliphatic carbocycles. The molecule has 6 heteroatoms. The third-order valence-electron chi connectivity index (χ3n) is 1.74. The molecule has 5 nitrogen and oxygen atoms in total. The summed E-state index contributed by atoms with van der Waals surface area (Å²) in [5, 5.41) is 2.55. The molecule has 0 atom stereocenters. The number of carbonyl (C=O) groups is 1. The molecule has 90 valence electrons. The normalized spacial score (nSPS) is 8.88. The van der Waals surface area contributed by atoms with Crippen molar-refractivity contribution in [3.05, 3.63) is 18.2 Å². The first kappa shape index (κ1) is 14.4. The van der Waals surface area contributed by atoms with Gasteiger partial charge < -0.3 is 15.2 Å². The van der Waals surface area contributed by atoms with Crippen molar-refractivity contribution in [2.45, 2.75) is 6.92 Å². The number of methoxy groups -OCH3 is 1. The van der Waals surface area contributed by atoms with Crippen molar-refractivity contribution in [2.24, 2.45) is 0 Å².